The predicted octanol–water partition coefficient (Wildman–Crippen LogP) is 3.51. The summed E-state index contributed by atoms with van der Waals surface area (Å²) in [5, 5.41) is 9.74. The molecule has 0 spiro atoms. The molecule has 2 aromatic carbocycles. The summed E-state index contributed by atoms with van der Waals surface area (Å²) in [7, 11) is 0. The number of nitrogens with zero attached hydrogens (tertiary/aromatic N) is 3. The second-order valence-corrected chi connectivity index (χ2v) is 4.46. The number of aromatic nitrogens is 2. The summed E-state index contributed by atoms with van der Waals surface area (Å²) in [4.78, 5) is 8.92. The lowest BCUT2D eigenvalue weighted by Crippen LogP contribution is -1.93. The monoisotopic (exact) mass is 265 g/mol. The van der Waals surface area contributed by atoms with E-state index in [1.807, 2.05) is 41.0 Å². The van der Waals surface area contributed by atoms with Crippen LogP contribution >= 0.6 is 0 Å². The van der Waals surface area contributed by atoms with Crippen molar-refractivity contribution in [3.63, 3.8) is 0 Å². The Bertz CT molecular complexity index is 774. The first kappa shape index (κ1) is 12.4. The Morgan fingerprint density at radius 3 is 2.70 bits per heavy atom. The SMILES string of the molecule is CCn1c(N=Cc2ccccc2O)nc2ccccc21. The van der Waals surface area contributed by atoms with Crippen molar-refractivity contribution in [1.82, 2.24) is 9.55 Å². The lowest BCUT2D eigenvalue weighted by Gasteiger charge is -2.01. The van der Waals surface area contributed by atoms with Gasteiger partial charge < -0.3 is 9.67 Å². The molecule has 0 unspecified atom stereocenters. The molecule has 1 heterocycles. The van der Waals surface area contributed by atoms with Crippen LogP contribution < -0.4 is 0 Å². The van der Waals surface area contributed by atoms with Crippen molar-refractivity contribution in [2.24, 2.45) is 4.99 Å². The first-order chi connectivity index (χ1) is 9.79. The number of phenolic OH excluding ortho intramolecular Hbond substituents is 1. The van der Waals surface area contributed by atoms with Gasteiger partial charge in [0, 0.05) is 18.3 Å². The quantitative estimate of drug-likeness (QED) is 0.737. The summed E-state index contributed by atoms with van der Waals surface area (Å²) < 4.78 is 2.05. The number of fused-ring (bicyclic) bond motifs is 1. The summed E-state index contributed by atoms with van der Waals surface area (Å²) in [5.74, 6) is 0.868. The van der Waals surface area contributed by atoms with Crippen molar-refractivity contribution in [2.45, 2.75) is 13.5 Å². The van der Waals surface area contributed by atoms with Gasteiger partial charge in [-0.25, -0.2) is 9.98 Å². The normalized spacial score (nSPS) is 11.4. The minimum atomic E-state index is 0.218. The molecule has 0 atom stereocenters. The average Bonchev–Trinajstić information content (AvgIpc) is 2.84. The van der Waals surface area contributed by atoms with E-state index in [0.29, 0.717) is 11.5 Å². The van der Waals surface area contributed by atoms with Gasteiger partial charge in [-0.05, 0) is 31.2 Å². The van der Waals surface area contributed by atoms with E-state index >= 15 is 0 Å². The average molecular weight is 265 g/mol. The number of hydrogen-bond donors (Lipinski definition) is 1. The highest BCUT2D eigenvalue weighted by atomic mass is 16.3. The second kappa shape index (κ2) is 5.17. The van der Waals surface area contributed by atoms with E-state index in [4.69, 9.17) is 0 Å². The summed E-state index contributed by atoms with van der Waals surface area (Å²) in [5.41, 5.74) is 2.68. The highest BCUT2D eigenvalue weighted by Gasteiger charge is 2.07. The number of phenols is 1. The molecular formula is C16H15N3O. The van der Waals surface area contributed by atoms with Crippen LogP contribution in [0.1, 0.15) is 12.5 Å². The van der Waals surface area contributed by atoms with Gasteiger partial charge in [-0.2, -0.15) is 0 Å². The molecule has 0 saturated heterocycles. The molecule has 1 N–H and O–H groups in total. The summed E-state index contributed by atoms with van der Waals surface area (Å²) >= 11 is 0. The fraction of sp³-hybridized carbons (Fsp3) is 0.125. The molecule has 0 aliphatic carbocycles. The van der Waals surface area contributed by atoms with E-state index in [1.165, 1.54) is 0 Å². The summed E-state index contributed by atoms with van der Waals surface area (Å²) in [6.45, 7) is 2.86. The van der Waals surface area contributed by atoms with Gasteiger partial charge in [0.2, 0.25) is 5.95 Å². The number of aromatic hydroxyl groups is 1. The maximum absolute atomic E-state index is 9.74. The number of hydrogen-bond acceptors (Lipinski definition) is 3. The zero-order valence-corrected chi connectivity index (χ0v) is 11.2. The fourth-order valence-electron chi connectivity index (χ4n) is 2.20. The van der Waals surface area contributed by atoms with E-state index in [1.54, 1.807) is 18.3 Å². The Hall–Kier alpha value is -2.62. The minimum absolute atomic E-state index is 0.218. The van der Waals surface area contributed by atoms with E-state index in [9.17, 15) is 5.11 Å². The number of para-hydroxylation sites is 3. The standard InChI is InChI=1S/C16H15N3O/c1-2-19-14-9-5-4-8-13(14)18-16(19)17-11-12-7-3-6-10-15(12)20/h3-11,20H,2H2,1H3. The molecule has 4 nitrogen and oxygen atoms in total. The van der Waals surface area contributed by atoms with Crippen LogP contribution in [0.5, 0.6) is 5.75 Å². The van der Waals surface area contributed by atoms with Gasteiger partial charge in [0.1, 0.15) is 5.75 Å². The smallest absolute Gasteiger partial charge is 0.230 e. The molecule has 0 amide bonds. The third kappa shape index (κ3) is 2.16. The van der Waals surface area contributed by atoms with E-state index in [0.717, 1.165) is 17.6 Å². The lowest BCUT2D eigenvalue weighted by atomic mass is 10.2. The van der Waals surface area contributed by atoms with Gasteiger partial charge in [0.15, 0.2) is 0 Å². The predicted molar refractivity (Wildman–Crippen MR) is 80.8 cm³/mol. The molecule has 0 aliphatic rings. The topological polar surface area (TPSA) is 50.4 Å². The Morgan fingerprint density at radius 1 is 1.15 bits per heavy atom. The zero-order chi connectivity index (χ0) is 13.9. The maximum atomic E-state index is 9.74. The molecule has 3 aromatic rings. The largest absolute Gasteiger partial charge is 0.507 e. The molecule has 3 rings (SSSR count). The van der Waals surface area contributed by atoms with E-state index in [2.05, 4.69) is 16.9 Å². The molecule has 0 aliphatic heterocycles. The minimum Gasteiger partial charge on any atom is -0.507 e. The Kier molecular flexibility index (Phi) is 3.21. The van der Waals surface area contributed by atoms with Gasteiger partial charge in [0.25, 0.3) is 0 Å². The first-order valence-electron chi connectivity index (χ1n) is 6.57. The van der Waals surface area contributed by atoms with Crippen molar-refractivity contribution >= 4 is 23.2 Å². The molecule has 0 radical (unpaired) electrons. The number of benzene rings is 2. The van der Waals surface area contributed by atoms with Crippen LogP contribution in [-0.4, -0.2) is 20.9 Å². The van der Waals surface area contributed by atoms with Gasteiger partial charge in [-0.3, -0.25) is 0 Å². The van der Waals surface area contributed by atoms with Gasteiger partial charge in [0.05, 0.1) is 11.0 Å². The Labute approximate surface area is 117 Å². The van der Waals surface area contributed by atoms with Crippen molar-refractivity contribution in [3.8, 4) is 5.75 Å². The van der Waals surface area contributed by atoms with Crippen LogP contribution in [-0.2, 0) is 6.54 Å². The Balaban J connectivity index is 2.05. The van der Waals surface area contributed by atoms with E-state index < -0.39 is 0 Å². The number of aliphatic imine (C=N–C) groups is 1. The van der Waals surface area contributed by atoms with Gasteiger partial charge in [-0.1, -0.05) is 24.3 Å². The third-order valence-electron chi connectivity index (χ3n) is 3.21. The van der Waals surface area contributed by atoms with Crippen molar-refractivity contribution in [3.05, 3.63) is 54.1 Å². The zero-order valence-electron chi connectivity index (χ0n) is 11.2. The van der Waals surface area contributed by atoms with Crippen molar-refractivity contribution in [2.75, 3.05) is 0 Å². The molecule has 0 saturated carbocycles. The highest BCUT2D eigenvalue weighted by Crippen LogP contribution is 2.22. The molecule has 20 heavy (non-hydrogen) atoms. The first-order valence-corrected chi connectivity index (χ1v) is 6.57. The number of imidazole rings is 1. The van der Waals surface area contributed by atoms with Crippen LogP contribution in [0.2, 0.25) is 0 Å². The van der Waals surface area contributed by atoms with Crippen LogP contribution in [0, 0.1) is 0 Å². The molecular weight excluding hydrogens is 250 g/mol. The summed E-state index contributed by atoms with van der Waals surface area (Å²) in [6, 6.07) is 15.1. The number of aryl methyl sites for hydroxylation is 1. The lowest BCUT2D eigenvalue weighted by molar-refractivity contribution is 0.474. The maximum Gasteiger partial charge on any atom is 0.230 e. The van der Waals surface area contributed by atoms with Gasteiger partial charge in [-0.15, -0.1) is 0 Å². The molecule has 1 aromatic heterocycles. The van der Waals surface area contributed by atoms with Gasteiger partial charge >= 0.3 is 0 Å². The van der Waals surface area contributed by atoms with E-state index in [-0.39, 0.29) is 5.75 Å². The Morgan fingerprint density at radius 2 is 1.90 bits per heavy atom. The van der Waals surface area contributed by atoms with Crippen molar-refractivity contribution < 1.29 is 5.11 Å². The molecule has 0 fully saturated rings. The fourth-order valence-corrected chi connectivity index (χ4v) is 2.20. The third-order valence-corrected chi connectivity index (χ3v) is 3.21. The van der Waals surface area contributed by atoms with Crippen LogP contribution in [0.25, 0.3) is 11.0 Å². The summed E-state index contributed by atoms with van der Waals surface area (Å²) in [6.07, 6.45) is 1.64. The van der Waals surface area contributed by atoms with Crippen LogP contribution in [0.3, 0.4) is 0 Å². The molecule has 100 valence electrons. The molecule has 4 heteroatoms. The van der Waals surface area contributed by atoms with Crippen molar-refractivity contribution in [1.29, 1.82) is 0 Å². The van der Waals surface area contributed by atoms with Crippen LogP contribution in [0.4, 0.5) is 5.95 Å². The van der Waals surface area contributed by atoms with Crippen LogP contribution in [0.15, 0.2) is 53.5 Å². The highest BCUT2D eigenvalue weighted by molar-refractivity contribution is 5.86. The number of rotatable bonds is 3. The second-order valence-electron chi connectivity index (χ2n) is 4.46. The molecule has 0 bridgehead atoms.